The van der Waals surface area contributed by atoms with Gasteiger partial charge in [0.1, 0.15) is 18.4 Å². The van der Waals surface area contributed by atoms with Gasteiger partial charge < -0.3 is 10.6 Å². The Morgan fingerprint density at radius 2 is 1.81 bits per heavy atom. The Labute approximate surface area is 210 Å². The number of carbonyl (C=O) groups is 3. The Balaban J connectivity index is 1.31. The molecule has 1 aromatic heterocycles. The first-order chi connectivity index (χ1) is 17.4. The summed E-state index contributed by atoms with van der Waals surface area (Å²) in [5.41, 5.74) is 0.425. The van der Waals surface area contributed by atoms with Gasteiger partial charge in [-0.1, -0.05) is 54.2 Å². The fraction of sp³-hybridized carbons (Fsp3) is 0.120. The number of benzene rings is 3. The molecule has 1 aliphatic heterocycles. The molecule has 0 bridgehead atoms. The zero-order valence-electron chi connectivity index (χ0n) is 19.2. The molecule has 10 nitrogen and oxygen atoms in total. The van der Waals surface area contributed by atoms with Crippen molar-refractivity contribution in [2.45, 2.75) is 22.3 Å². The van der Waals surface area contributed by atoms with E-state index in [0.717, 1.165) is 14.7 Å². The Morgan fingerprint density at radius 3 is 2.58 bits per heavy atom. The molecule has 3 aromatic carbocycles. The molecule has 0 spiro atoms. The normalized spacial score (nSPS) is 17.2. The number of nitrogens with one attached hydrogen (secondary N) is 2. The minimum Gasteiger partial charge on any atom is -0.323 e. The number of para-hydroxylation sites is 1. The number of nitrogens with zero attached hydrogens (tertiary/aromatic N) is 5. The first kappa shape index (κ1) is 23.2. The number of anilines is 1. The molecule has 1 fully saturated rings. The maximum absolute atomic E-state index is 13.3. The van der Waals surface area contributed by atoms with Crippen molar-refractivity contribution in [3.63, 3.8) is 0 Å². The highest BCUT2D eigenvalue weighted by Gasteiger charge is 2.49. The summed E-state index contributed by atoms with van der Waals surface area (Å²) >= 11 is 1.51. The van der Waals surface area contributed by atoms with Gasteiger partial charge in [-0.3, -0.25) is 14.5 Å². The minimum atomic E-state index is -1.34. The number of aromatic nitrogens is 4. The van der Waals surface area contributed by atoms with E-state index in [0.29, 0.717) is 16.9 Å². The van der Waals surface area contributed by atoms with Crippen LogP contribution in [0.3, 0.4) is 0 Å². The fourth-order valence-electron chi connectivity index (χ4n) is 3.88. The predicted octanol–water partition coefficient (Wildman–Crippen LogP) is 3.22. The number of urea groups is 1. The van der Waals surface area contributed by atoms with E-state index >= 15 is 0 Å². The average Bonchev–Trinajstić information content (AvgIpc) is 3.50. The number of amides is 4. The highest BCUT2D eigenvalue weighted by atomic mass is 32.2. The minimum absolute atomic E-state index is 0.419. The maximum Gasteiger partial charge on any atom is 0.325 e. The van der Waals surface area contributed by atoms with Crippen molar-refractivity contribution < 1.29 is 14.4 Å². The monoisotopic (exact) mass is 499 g/mol. The Kier molecular flexibility index (Phi) is 6.21. The number of rotatable bonds is 7. The summed E-state index contributed by atoms with van der Waals surface area (Å²) in [5.74, 6) is -1.00. The van der Waals surface area contributed by atoms with E-state index in [4.69, 9.17) is 0 Å². The second kappa shape index (κ2) is 9.62. The van der Waals surface area contributed by atoms with E-state index in [1.807, 2.05) is 48.5 Å². The van der Waals surface area contributed by atoms with Gasteiger partial charge in [-0.15, -0.1) is 5.10 Å². The molecule has 180 valence electrons. The molecule has 36 heavy (non-hydrogen) atoms. The Morgan fingerprint density at radius 1 is 1.03 bits per heavy atom. The summed E-state index contributed by atoms with van der Waals surface area (Å²) in [4.78, 5) is 41.8. The third-order valence-electron chi connectivity index (χ3n) is 5.75. The fourth-order valence-corrected chi connectivity index (χ4v) is 4.81. The topological polar surface area (TPSA) is 122 Å². The van der Waals surface area contributed by atoms with Crippen LogP contribution in [0.1, 0.15) is 12.5 Å². The molecule has 2 heterocycles. The molecule has 0 aliphatic carbocycles. The summed E-state index contributed by atoms with van der Waals surface area (Å²) in [6.45, 7) is 1.19. The van der Waals surface area contributed by atoms with Gasteiger partial charge in [-0.05, 0) is 59.3 Å². The summed E-state index contributed by atoms with van der Waals surface area (Å²) in [6, 6.07) is 23.5. The summed E-state index contributed by atoms with van der Waals surface area (Å²) < 4.78 is 1.45. The first-order valence-corrected chi connectivity index (χ1v) is 11.9. The average molecular weight is 500 g/mol. The lowest BCUT2D eigenvalue weighted by molar-refractivity contribution is -0.133. The molecule has 0 unspecified atom stereocenters. The van der Waals surface area contributed by atoms with E-state index in [-0.39, 0.29) is 0 Å². The van der Waals surface area contributed by atoms with E-state index in [1.165, 1.54) is 22.8 Å². The molecule has 1 aliphatic rings. The third-order valence-corrected chi connectivity index (χ3v) is 6.83. The van der Waals surface area contributed by atoms with Crippen LogP contribution in [0.25, 0.3) is 5.69 Å². The number of hydrogen-bond acceptors (Lipinski definition) is 7. The van der Waals surface area contributed by atoms with Gasteiger partial charge in [0.15, 0.2) is 0 Å². The maximum atomic E-state index is 13.3. The SMILES string of the molecule is C[C@]1(c2cccc(-n3cnnn3)c2)NC(=O)N(CC(=O)Nc2ccccc2Sc2ccccc2)C1=O. The van der Waals surface area contributed by atoms with Crippen LogP contribution >= 0.6 is 11.8 Å². The molecule has 1 atom stereocenters. The van der Waals surface area contributed by atoms with Crippen molar-refractivity contribution in [2.24, 2.45) is 0 Å². The predicted molar refractivity (Wildman–Crippen MR) is 132 cm³/mol. The first-order valence-electron chi connectivity index (χ1n) is 11.0. The number of carbonyl (C=O) groups excluding carboxylic acids is 3. The van der Waals surface area contributed by atoms with Gasteiger partial charge >= 0.3 is 6.03 Å². The zero-order valence-corrected chi connectivity index (χ0v) is 20.0. The Hall–Kier alpha value is -4.51. The lowest BCUT2D eigenvalue weighted by Crippen LogP contribution is -2.42. The smallest absolute Gasteiger partial charge is 0.323 e. The number of tetrazole rings is 1. The standard InChI is InChI=1S/C25H21N7O3S/c1-25(17-8-7-9-18(14-17)32-16-26-29-30-32)23(34)31(24(35)28-25)15-22(33)27-20-12-5-6-13-21(20)36-19-10-3-2-4-11-19/h2-14,16H,15H2,1H3,(H,27,33)(H,28,35)/t25-/m1/s1. The number of hydrogen-bond donors (Lipinski definition) is 2. The summed E-state index contributed by atoms with van der Waals surface area (Å²) in [6.07, 6.45) is 1.43. The zero-order chi connectivity index (χ0) is 25.1. The largest absolute Gasteiger partial charge is 0.325 e. The second-order valence-corrected chi connectivity index (χ2v) is 9.33. The highest BCUT2D eigenvalue weighted by Crippen LogP contribution is 2.33. The van der Waals surface area contributed by atoms with Crippen molar-refractivity contribution >= 4 is 35.3 Å². The Bertz CT molecular complexity index is 1430. The van der Waals surface area contributed by atoms with Gasteiger partial charge in [0.2, 0.25) is 5.91 Å². The molecule has 0 saturated carbocycles. The highest BCUT2D eigenvalue weighted by molar-refractivity contribution is 7.99. The van der Waals surface area contributed by atoms with E-state index in [1.54, 1.807) is 37.3 Å². The molecule has 4 aromatic rings. The van der Waals surface area contributed by atoms with Crippen LogP contribution in [0.5, 0.6) is 0 Å². The van der Waals surface area contributed by atoms with Crippen LogP contribution in [-0.2, 0) is 15.1 Å². The van der Waals surface area contributed by atoms with Gasteiger partial charge in [0, 0.05) is 9.79 Å². The van der Waals surface area contributed by atoms with Gasteiger partial charge in [0.25, 0.3) is 5.91 Å². The van der Waals surface area contributed by atoms with Crippen molar-refractivity contribution in [1.82, 2.24) is 30.4 Å². The molecular formula is C25H21N7O3S. The van der Waals surface area contributed by atoms with Gasteiger partial charge in [-0.2, -0.15) is 0 Å². The van der Waals surface area contributed by atoms with Gasteiger partial charge in [-0.25, -0.2) is 9.48 Å². The summed E-state index contributed by atoms with van der Waals surface area (Å²) in [5, 5.41) is 16.7. The van der Waals surface area contributed by atoms with Crippen LogP contribution in [-0.4, -0.2) is 49.5 Å². The molecule has 0 radical (unpaired) electrons. The van der Waals surface area contributed by atoms with E-state index in [2.05, 4.69) is 26.2 Å². The van der Waals surface area contributed by atoms with Crippen LogP contribution < -0.4 is 10.6 Å². The van der Waals surface area contributed by atoms with E-state index in [9.17, 15) is 14.4 Å². The molecule has 2 N–H and O–H groups in total. The molecule has 5 rings (SSSR count). The lowest BCUT2D eigenvalue weighted by atomic mass is 9.91. The van der Waals surface area contributed by atoms with Crippen molar-refractivity contribution in [3.05, 3.63) is 90.8 Å². The van der Waals surface area contributed by atoms with Crippen molar-refractivity contribution in [2.75, 3.05) is 11.9 Å². The lowest BCUT2D eigenvalue weighted by Gasteiger charge is -2.22. The quantitative estimate of drug-likeness (QED) is 0.374. The van der Waals surface area contributed by atoms with E-state index < -0.39 is 29.9 Å². The molecule has 11 heteroatoms. The molecular weight excluding hydrogens is 478 g/mol. The van der Waals surface area contributed by atoms with Crippen LogP contribution in [0.15, 0.2) is 95.0 Å². The molecule has 1 saturated heterocycles. The molecule has 4 amide bonds. The third kappa shape index (κ3) is 4.56. The second-order valence-electron chi connectivity index (χ2n) is 8.21. The van der Waals surface area contributed by atoms with Crippen LogP contribution in [0.4, 0.5) is 10.5 Å². The summed E-state index contributed by atoms with van der Waals surface area (Å²) in [7, 11) is 0. The number of imide groups is 1. The van der Waals surface area contributed by atoms with Crippen molar-refractivity contribution in [3.8, 4) is 5.69 Å². The van der Waals surface area contributed by atoms with Crippen molar-refractivity contribution in [1.29, 1.82) is 0 Å². The van der Waals surface area contributed by atoms with Crippen LogP contribution in [0.2, 0.25) is 0 Å². The van der Waals surface area contributed by atoms with Gasteiger partial charge in [0.05, 0.1) is 11.4 Å². The van der Waals surface area contributed by atoms with Crippen LogP contribution in [0, 0.1) is 0 Å².